The molecule has 1 saturated heterocycles. The van der Waals surface area contributed by atoms with Crippen LogP contribution >= 0.6 is 24.2 Å². The van der Waals surface area contributed by atoms with Crippen molar-refractivity contribution in [1.29, 1.82) is 0 Å². The van der Waals surface area contributed by atoms with Gasteiger partial charge in [0, 0.05) is 47.6 Å². The summed E-state index contributed by atoms with van der Waals surface area (Å²) in [6.07, 6.45) is 3.86. The van der Waals surface area contributed by atoms with Crippen molar-refractivity contribution in [3.63, 3.8) is 0 Å². The Kier molecular flexibility index (Phi) is 7.00. The molecule has 1 fully saturated rings. The number of rotatable bonds is 4. The fourth-order valence-electron chi connectivity index (χ4n) is 3.35. The maximum absolute atomic E-state index is 12.9. The lowest BCUT2D eigenvalue weighted by molar-refractivity contribution is -0.119. The van der Waals surface area contributed by atoms with Crippen LogP contribution in [0.3, 0.4) is 0 Å². The van der Waals surface area contributed by atoms with Gasteiger partial charge in [0.15, 0.2) is 0 Å². The van der Waals surface area contributed by atoms with Gasteiger partial charge in [0.1, 0.15) is 0 Å². The number of carbonyl (C=O) groups is 1. The van der Waals surface area contributed by atoms with Crippen LogP contribution in [0.2, 0.25) is 0 Å². The van der Waals surface area contributed by atoms with E-state index in [1.54, 1.807) is 4.68 Å². The molecule has 0 bridgehead atoms. The number of hydrogen-bond acceptors (Lipinski definition) is 4. The van der Waals surface area contributed by atoms with Crippen molar-refractivity contribution in [2.24, 2.45) is 13.0 Å². The molecule has 1 amide bonds. The maximum Gasteiger partial charge on any atom is 0.229 e. The topological polar surface area (TPSA) is 59.0 Å². The van der Waals surface area contributed by atoms with E-state index < -0.39 is 0 Å². The highest BCUT2D eigenvalue weighted by Gasteiger charge is 2.34. The van der Waals surface area contributed by atoms with Crippen LogP contribution in [0.1, 0.15) is 37.8 Å². The van der Waals surface area contributed by atoms with Gasteiger partial charge in [0.25, 0.3) is 0 Å². The predicted molar refractivity (Wildman–Crippen MR) is 115 cm³/mol. The van der Waals surface area contributed by atoms with Crippen molar-refractivity contribution >= 4 is 35.8 Å². The van der Waals surface area contributed by atoms with Crippen LogP contribution < -0.4 is 10.6 Å². The predicted octanol–water partition coefficient (Wildman–Crippen LogP) is 3.98. The zero-order valence-corrected chi connectivity index (χ0v) is 18.2. The Morgan fingerprint density at radius 1 is 1.33 bits per heavy atom. The number of nitrogens with one attached hydrogen (secondary N) is 2. The molecule has 0 saturated carbocycles. The van der Waals surface area contributed by atoms with E-state index in [2.05, 4.69) is 48.6 Å². The minimum absolute atomic E-state index is 0. The van der Waals surface area contributed by atoms with Crippen LogP contribution in [0, 0.1) is 12.8 Å². The summed E-state index contributed by atoms with van der Waals surface area (Å²) < 4.78 is 1.96. The van der Waals surface area contributed by atoms with Gasteiger partial charge in [0.2, 0.25) is 5.91 Å². The van der Waals surface area contributed by atoms with Crippen molar-refractivity contribution in [3.8, 4) is 0 Å². The van der Waals surface area contributed by atoms with Crippen molar-refractivity contribution in [2.45, 2.75) is 43.3 Å². The number of nitrogens with zero attached hydrogens (tertiary/aromatic N) is 2. The molecule has 27 heavy (non-hydrogen) atoms. The molecule has 0 radical (unpaired) electrons. The number of aryl methyl sites for hydroxylation is 2. The van der Waals surface area contributed by atoms with E-state index in [0.29, 0.717) is 6.54 Å². The summed E-state index contributed by atoms with van der Waals surface area (Å²) in [6, 6.07) is 6.25. The fourth-order valence-corrected chi connectivity index (χ4v) is 4.43. The summed E-state index contributed by atoms with van der Waals surface area (Å²) in [5, 5.41) is 10.7. The minimum Gasteiger partial charge on any atom is -0.326 e. The smallest absolute Gasteiger partial charge is 0.229 e. The van der Waals surface area contributed by atoms with Crippen molar-refractivity contribution in [2.75, 3.05) is 18.4 Å². The molecule has 1 aliphatic heterocycles. The standard InChI is InChI=1S/C20H28N4OS.ClH/c1-13-8-15(26-20(2,3)4)6-7-18(13)23-19(25)17-11-21-10-16(17)14-9-22-24(5)12-14;/h6-9,12,16-17,21H,10-11H2,1-5H3,(H,23,25);1H/t16-,17+;/m1./s1. The van der Waals surface area contributed by atoms with Crippen molar-refractivity contribution in [3.05, 3.63) is 41.7 Å². The van der Waals surface area contributed by atoms with Crippen molar-refractivity contribution < 1.29 is 4.79 Å². The van der Waals surface area contributed by atoms with Crippen LogP contribution in [0.25, 0.3) is 0 Å². The fraction of sp³-hybridized carbons (Fsp3) is 0.500. The molecule has 2 N–H and O–H groups in total. The average molecular weight is 409 g/mol. The molecule has 5 nitrogen and oxygen atoms in total. The average Bonchev–Trinajstić information content (AvgIpc) is 3.16. The zero-order chi connectivity index (χ0) is 18.9. The van der Waals surface area contributed by atoms with Gasteiger partial charge in [-0.25, -0.2) is 0 Å². The van der Waals surface area contributed by atoms with Gasteiger partial charge >= 0.3 is 0 Å². The molecule has 148 valence electrons. The number of halogens is 1. The Morgan fingerprint density at radius 3 is 2.67 bits per heavy atom. The van der Waals surface area contributed by atoms with Gasteiger partial charge < -0.3 is 10.6 Å². The first-order valence-electron chi connectivity index (χ1n) is 9.03. The van der Waals surface area contributed by atoms with Gasteiger partial charge in [-0.2, -0.15) is 5.10 Å². The van der Waals surface area contributed by atoms with E-state index in [4.69, 9.17) is 0 Å². The second-order valence-corrected chi connectivity index (χ2v) is 9.90. The first-order valence-corrected chi connectivity index (χ1v) is 9.84. The molecule has 7 heteroatoms. The van der Waals surface area contributed by atoms with E-state index >= 15 is 0 Å². The Labute approximate surface area is 172 Å². The van der Waals surface area contributed by atoms with Gasteiger partial charge in [-0.05, 0) is 36.2 Å². The molecule has 2 aromatic rings. The number of thioether (sulfide) groups is 1. The largest absolute Gasteiger partial charge is 0.326 e. The van der Waals surface area contributed by atoms with Crippen molar-refractivity contribution in [1.82, 2.24) is 15.1 Å². The normalized spacial score (nSPS) is 19.6. The van der Waals surface area contributed by atoms with E-state index in [-0.39, 0.29) is 34.9 Å². The number of aromatic nitrogens is 2. The molecular weight excluding hydrogens is 380 g/mol. The zero-order valence-electron chi connectivity index (χ0n) is 16.6. The van der Waals surface area contributed by atoms with Crippen LogP contribution in [0.15, 0.2) is 35.5 Å². The second kappa shape index (κ2) is 8.67. The van der Waals surface area contributed by atoms with Gasteiger partial charge in [-0.15, -0.1) is 24.2 Å². The molecule has 1 aromatic carbocycles. The number of benzene rings is 1. The Hall–Kier alpha value is -1.50. The van der Waals surface area contributed by atoms with Gasteiger partial charge in [-0.1, -0.05) is 20.8 Å². The maximum atomic E-state index is 12.9. The summed E-state index contributed by atoms with van der Waals surface area (Å²) >= 11 is 1.84. The first kappa shape index (κ1) is 21.8. The SMILES string of the molecule is Cc1cc(SC(C)(C)C)ccc1NC(=O)[C@H]1CNC[C@@H]1c1cnn(C)c1.Cl. The molecule has 2 heterocycles. The third-order valence-corrected chi connectivity index (χ3v) is 5.69. The number of hydrogen-bond donors (Lipinski definition) is 2. The van der Waals surface area contributed by atoms with E-state index in [1.165, 1.54) is 4.90 Å². The third-order valence-electron chi connectivity index (χ3n) is 4.58. The first-order chi connectivity index (χ1) is 12.2. The summed E-state index contributed by atoms with van der Waals surface area (Å²) in [5.74, 6) is 0.158. The van der Waals surface area contributed by atoms with E-state index in [9.17, 15) is 4.79 Å². The Bertz CT molecular complexity index is 800. The summed E-state index contributed by atoms with van der Waals surface area (Å²) in [7, 11) is 1.90. The summed E-state index contributed by atoms with van der Waals surface area (Å²) in [4.78, 5) is 14.1. The summed E-state index contributed by atoms with van der Waals surface area (Å²) in [6.45, 7) is 10.2. The number of anilines is 1. The van der Waals surface area contributed by atoms with E-state index in [0.717, 1.165) is 23.4 Å². The van der Waals surface area contributed by atoms with Crippen LogP contribution in [-0.2, 0) is 11.8 Å². The monoisotopic (exact) mass is 408 g/mol. The lowest BCUT2D eigenvalue weighted by atomic mass is 9.90. The quantitative estimate of drug-likeness (QED) is 0.751. The molecule has 2 atom stereocenters. The molecule has 0 spiro atoms. The van der Waals surface area contributed by atoms with Gasteiger partial charge in [-0.3, -0.25) is 9.48 Å². The Balaban J connectivity index is 0.00000261. The lowest BCUT2D eigenvalue weighted by Gasteiger charge is -2.20. The van der Waals surface area contributed by atoms with Gasteiger partial charge in [0.05, 0.1) is 12.1 Å². The highest BCUT2D eigenvalue weighted by Crippen LogP contribution is 2.34. The minimum atomic E-state index is -0.0813. The number of carbonyl (C=O) groups excluding carboxylic acids is 1. The molecule has 1 aliphatic rings. The highest BCUT2D eigenvalue weighted by molar-refractivity contribution is 8.00. The summed E-state index contributed by atoms with van der Waals surface area (Å²) in [5.41, 5.74) is 3.10. The molecule has 1 aromatic heterocycles. The molecule has 3 rings (SSSR count). The van der Waals surface area contributed by atoms with E-state index in [1.807, 2.05) is 44.2 Å². The highest BCUT2D eigenvalue weighted by atomic mass is 35.5. The van der Waals surface area contributed by atoms with Crippen LogP contribution in [0.5, 0.6) is 0 Å². The molecular formula is C20H29ClN4OS. The molecule has 0 aliphatic carbocycles. The molecule has 0 unspecified atom stereocenters. The third kappa shape index (κ3) is 5.50. The number of amides is 1. The second-order valence-electron chi connectivity index (χ2n) is 8.00. The lowest BCUT2D eigenvalue weighted by Crippen LogP contribution is -2.28. The van der Waals surface area contributed by atoms with Crippen LogP contribution in [0.4, 0.5) is 5.69 Å². The van der Waals surface area contributed by atoms with Crippen LogP contribution in [-0.4, -0.2) is 33.5 Å². The Morgan fingerprint density at radius 2 is 2.07 bits per heavy atom.